The van der Waals surface area contributed by atoms with Crippen molar-refractivity contribution in [1.82, 2.24) is 40.9 Å². The lowest BCUT2D eigenvalue weighted by Crippen LogP contribution is -2.63. The van der Waals surface area contributed by atoms with Crippen LogP contribution in [0.5, 0.6) is 0 Å². The number of aliphatic hydroxyl groups is 1. The number of fused-ring (bicyclic) bond motifs is 1. The van der Waals surface area contributed by atoms with Gasteiger partial charge in [-0.05, 0) is 74.3 Å². The highest BCUT2D eigenvalue weighted by Crippen LogP contribution is 2.27. The first-order valence-corrected chi connectivity index (χ1v) is 27.9. The van der Waals surface area contributed by atoms with Gasteiger partial charge in [0.15, 0.2) is 12.1 Å². The Balaban J connectivity index is 1.95. The fourth-order valence-electron chi connectivity index (χ4n) is 10.5. The van der Waals surface area contributed by atoms with Gasteiger partial charge >= 0.3 is 5.97 Å². The first-order chi connectivity index (χ1) is 36.5. The lowest BCUT2D eigenvalue weighted by molar-refractivity contribution is -0.177. The van der Waals surface area contributed by atoms with Crippen LogP contribution in [0, 0.1) is 29.6 Å². The molecule has 2 aromatic rings. The highest BCUT2D eigenvalue weighted by Gasteiger charge is 2.47. The highest BCUT2D eigenvalue weighted by molar-refractivity contribution is 5.99. The third-order valence-corrected chi connectivity index (χ3v) is 15.4. The van der Waals surface area contributed by atoms with Crippen LogP contribution in [-0.2, 0) is 60.7 Å². The number of carbonyl (C=O) groups is 9. The van der Waals surface area contributed by atoms with Crippen molar-refractivity contribution in [3.8, 4) is 0 Å². The van der Waals surface area contributed by atoms with Gasteiger partial charge in [0.05, 0.1) is 5.60 Å². The zero-order valence-electron chi connectivity index (χ0n) is 48.8. The largest absolute Gasteiger partial charge is 0.450 e. The summed E-state index contributed by atoms with van der Waals surface area (Å²) in [4.78, 5) is 138. The van der Waals surface area contributed by atoms with Gasteiger partial charge in [-0.2, -0.15) is 0 Å². The monoisotopic (exact) mass is 1090 g/mol. The Bertz CT molecular complexity index is 2390. The molecule has 19 nitrogen and oxygen atoms in total. The Kier molecular flexibility index (Phi) is 23.4. The van der Waals surface area contributed by atoms with E-state index in [0.29, 0.717) is 24.8 Å². The van der Waals surface area contributed by atoms with Crippen molar-refractivity contribution in [2.24, 2.45) is 29.6 Å². The third kappa shape index (κ3) is 16.3. The summed E-state index contributed by atoms with van der Waals surface area (Å²) >= 11 is 0. The van der Waals surface area contributed by atoms with E-state index in [2.05, 4.69) is 21.3 Å². The Morgan fingerprint density at radius 3 is 1.62 bits per heavy atom. The van der Waals surface area contributed by atoms with Crippen LogP contribution in [-0.4, -0.2) is 166 Å². The van der Waals surface area contributed by atoms with Crippen molar-refractivity contribution in [3.63, 3.8) is 0 Å². The zero-order chi connectivity index (χ0) is 58.5. The van der Waals surface area contributed by atoms with Crippen LogP contribution in [0.4, 0.5) is 0 Å². The Morgan fingerprint density at radius 1 is 0.590 bits per heavy atom. The molecule has 78 heavy (non-hydrogen) atoms. The predicted octanol–water partition coefficient (Wildman–Crippen LogP) is 4.03. The summed E-state index contributed by atoms with van der Waals surface area (Å²) in [6, 6.07) is 8.02. The molecular weight excluding hydrogens is 997 g/mol. The van der Waals surface area contributed by atoms with E-state index in [1.54, 1.807) is 72.7 Å². The predicted molar refractivity (Wildman–Crippen MR) is 297 cm³/mol. The van der Waals surface area contributed by atoms with Crippen LogP contribution in [0.25, 0.3) is 0 Å². The lowest BCUT2D eigenvalue weighted by Gasteiger charge is -2.39. The maximum absolute atomic E-state index is 15.2. The Morgan fingerprint density at radius 2 is 1.10 bits per heavy atom. The average molecular weight is 1090 g/mol. The van der Waals surface area contributed by atoms with E-state index < -0.39 is 137 Å². The molecule has 0 spiro atoms. The second-order valence-electron chi connectivity index (χ2n) is 23.3. The number of likely N-dealkylation sites (N-methyl/N-ethyl adjacent to an activating group) is 3. The molecule has 2 aromatic carbocycles. The number of esters is 1. The van der Waals surface area contributed by atoms with Crippen LogP contribution < -0.4 is 21.3 Å². The number of nitrogens with zero attached hydrogens (tertiary/aromatic N) is 4. The topological polar surface area (TPSA) is 244 Å². The molecular formula is C59H90N8O11. The molecule has 19 heteroatoms. The minimum atomic E-state index is -1.97. The average Bonchev–Trinajstić information content (AvgIpc) is 3.89. The molecule has 4 rings (SSSR count). The molecule has 8 amide bonds. The molecule has 2 aliphatic heterocycles. The molecule has 2 heterocycles. The van der Waals surface area contributed by atoms with Gasteiger partial charge in [0.1, 0.15) is 42.3 Å². The number of nitrogens with one attached hydrogen (secondary N) is 4. The number of hydrogen-bond donors (Lipinski definition) is 5. The van der Waals surface area contributed by atoms with E-state index in [0.717, 1.165) is 10.5 Å². The van der Waals surface area contributed by atoms with Crippen LogP contribution in [0.3, 0.4) is 0 Å². The van der Waals surface area contributed by atoms with E-state index in [4.69, 9.17) is 4.74 Å². The lowest BCUT2D eigenvalue weighted by atomic mass is 9.94. The Labute approximate surface area is 462 Å². The number of hydrogen-bond acceptors (Lipinski definition) is 11. The molecule has 0 radical (unpaired) electrons. The minimum absolute atomic E-state index is 0.00717. The quantitative estimate of drug-likeness (QED) is 0.179. The van der Waals surface area contributed by atoms with Gasteiger partial charge in [-0.3, -0.25) is 38.4 Å². The van der Waals surface area contributed by atoms with Crippen LogP contribution in [0.1, 0.15) is 126 Å². The second kappa shape index (κ2) is 28.5. The molecule has 5 N–H and O–H groups in total. The van der Waals surface area contributed by atoms with Crippen molar-refractivity contribution < 1.29 is 53.0 Å². The fourth-order valence-corrected chi connectivity index (χ4v) is 10.5. The van der Waals surface area contributed by atoms with Gasteiger partial charge in [-0.25, -0.2) is 4.79 Å². The number of carbonyl (C=O) groups excluding carboxylic acids is 9. The van der Waals surface area contributed by atoms with Gasteiger partial charge in [-0.15, -0.1) is 0 Å². The van der Waals surface area contributed by atoms with Crippen LogP contribution >= 0.6 is 0 Å². The molecule has 1 unspecified atom stereocenters. The fraction of sp³-hybridized carbons (Fsp3) is 0.644. The van der Waals surface area contributed by atoms with Gasteiger partial charge in [0.25, 0.3) is 5.91 Å². The van der Waals surface area contributed by atoms with Crippen molar-refractivity contribution >= 4 is 53.2 Å². The molecule has 0 aliphatic carbocycles. The summed E-state index contributed by atoms with van der Waals surface area (Å²) in [6.07, 6.45) is 0.0859. The van der Waals surface area contributed by atoms with E-state index in [1.165, 1.54) is 49.7 Å². The molecule has 0 bridgehead atoms. The summed E-state index contributed by atoms with van der Waals surface area (Å²) in [5, 5.41) is 23.2. The standard InChI is InChI=1S/C59H90N8O11/c1-16-37(9)46-52(70)62-45(35(5)6)51(69)60-41(31-34(3)4)55(73)66(15)49(59(11,12)77)58(76)78-48(38(10)17-2)57(75)65(14)47(36(7)8)53(71)61-42(32-39-25-20-18-21-26-39)54(72)64(13)44(33-40-27-22-19-23-28-40)56(74)67-30-24-29-43(67)50(68)63-46/h18-23,25-28,34-38,41-49,77H,16-17,24,29-33H2,1-15H3,(H,60,69)(H,61,71)(H,62,70)(H,63,68)/t37-,38-,41?,42+,43-,44+,45-,46-,47+,48-,49-/m0/s1. The van der Waals surface area contributed by atoms with Gasteiger partial charge < -0.3 is 50.7 Å². The molecule has 432 valence electrons. The first kappa shape index (κ1) is 64.2. The van der Waals surface area contributed by atoms with Crippen molar-refractivity contribution in [1.29, 1.82) is 0 Å². The summed E-state index contributed by atoms with van der Waals surface area (Å²) in [5.41, 5.74) is -0.553. The minimum Gasteiger partial charge on any atom is -0.450 e. The van der Waals surface area contributed by atoms with Gasteiger partial charge in [-0.1, -0.05) is 136 Å². The molecule has 0 aromatic heterocycles. The van der Waals surface area contributed by atoms with Crippen LogP contribution in [0.15, 0.2) is 60.7 Å². The van der Waals surface area contributed by atoms with Crippen LogP contribution in [0.2, 0.25) is 0 Å². The molecule has 2 saturated heterocycles. The first-order valence-electron chi connectivity index (χ1n) is 27.9. The summed E-state index contributed by atoms with van der Waals surface area (Å²) in [7, 11) is 4.19. The number of rotatable bonds is 13. The highest BCUT2D eigenvalue weighted by atomic mass is 16.6. The van der Waals surface area contributed by atoms with E-state index in [1.807, 2.05) is 57.2 Å². The molecule has 2 fully saturated rings. The third-order valence-electron chi connectivity index (χ3n) is 15.4. The number of benzene rings is 2. The SMILES string of the molecule is CC[C@H](C)[C@@H]1NC(=O)[C@@H]2CCCN2C(=O)[C@@H](Cc2ccccc2)N(C)C(=O)[C@@H](Cc2ccccc2)NC(=O)[C@@H](C(C)C)N(C)C(=O)[C@H]([C@@H](C)CC)OC(=O)[C@@H](C(C)(C)O)N(C)C(=O)C(CC(C)C)NC(=O)[C@H](C(C)C)NC1=O. The molecule has 11 atom stereocenters. The number of amides is 8. The van der Waals surface area contributed by atoms with Crippen molar-refractivity contribution in [3.05, 3.63) is 71.8 Å². The zero-order valence-corrected chi connectivity index (χ0v) is 48.8. The van der Waals surface area contributed by atoms with Gasteiger partial charge in [0.2, 0.25) is 41.4 Å². The second-order valence-corrected chi connectivity index (χ2v) is 23.3. The van der Waals surface area contributed by atoms with E-state index in [9.17, 15) is 38.7 Å². The van der Waals surface area contributed by atoms with E-state index in [-0.39, 0.29) is 38.1 Å². The molecule has 0 saturated carbocycles. The summed E-state index contributed by atoms with van der Waals surface area (Å²) in [6.45, 7) is 20.5. The number of cyclic esters (lactones) is 1. The smallest absolute Gasteiger partial charge is 0.332 e. The van der Waals surface area contributed by atoms with Crippen molar-refractivity contribution in [2.75, 3.05) is 27.7 Å². The molecule has 2 aliphatic rings. The van der Waals surface area contributed by atoms with Crippen molar-refractivity contribution in [2.45, 2.75) is 188 Å². The maximum Gasteiger partial charge on any atom is 0.332 e. The number of ether oxygens (including phenoxy) is 1. The maximum atomic E-state index is 15.2. The van der Waals surface area contributed by atoms with E-state index >= 15 is 9.59 Å². The Hall–Kier alpha value is -6.37. The summed E-state index contributed by atoms with van der Waals surface area (Å²) < 4.78 is 6.08. The van der Waals surface area contributed by atoms with Gasteiger partial charge in [0, 0.05) is 46.4 Å². The normalized spacial score (nSPS) is 26.6. The summed E-state index contributed by atoms with van der Waals surface area (Å²) in [5.74, 6) is -8.82.